The number of halogens is 1. The van der Waals surface area contributed by atoms with Crippen LogP contribution in [0.5, 0.6) is 0 Å². The molecule has 0 heterocycles. The summed E-state index contributed by atoms with van der Waals surface area (Å²) in [6.45, 7) is 5.57. The third kappa shape index (κ3) is 2.66. The second-order valence-electron chi connectivity index (χ2n) is 10.0. The molecule has 0 aromatic rings. The molecule has 29 heavy (non-hydrogen) atoms. The lowest BCUT2D eigenvalue weighted by molar-refractivity contribution is -0.158. The van der Waals surface area contributed by atoms with Gasteiger partial charge in [0.1, 0.15) is 5.60 Å². The van der Waals surface area contributed by atoms with Crippen LogP contribution in [0.2, 0.25) is 0 Å². The molecule has 0 amide bonds. The monoisotopic (exact) mass is 420 g/mol. The van der Waals surface area contributed by atoms with Gasteiger partial charge in [-0.2, -0.15) is 0 Å². The van der Waals surface area contributed by atoms with E-state index in [1.54, 1.807) is 6.08 Å². The Morgan fingerprint density at radius 1 is 1.21 bits per heavy atom. The highest BCUT2D eigenvalue weighted by Crippen LogP contribution is 2.68. The summed E-state index contributed by atoms with van der Waals surface area (Å²) in [4.78, 5) is 36.3. The molecule has 2 saturated carbocycles. The zero-order chi connectivity index (χ0) is 21.4. The first-order valence-corrected chi connectivity index (χ1v) is 10.9. The minimum atomic E-state index is -1.32. The number of ketones is 2. The predicted molar refractivity (Wildman–Crippen MR) is 108 cm³/mol. The van der Waals surface area contributed by atoms with Crippen LogP contribution >= 0.6 is 11.6 Å². The summed E-state index contributed by atoms with van der Waals surface area (Å²) >= 11 is 6.70. The van der Waals surface area contributed by atoms with Crippen molar-refractivity contribution >= 4 is 29.1 Å². The fraction of sp³-hybridized carbons (Fsp3) is 0.696. The molecule has 5 nitrogen and oxygen atoms in total. The summed E-state index contributed by atoms with van der Waals surface area (Å²) in [6, 6.07) is 0. The summed E-state index contributed by atoms with van der Waals surface area (Å²) < 4.78 is 0. The van der Waals surface area contributed by atoms with Crippen LogP contribution in [0.25, 0.3) is 0 Å². The van der Waals surface area contributed by atoms with Gasteiger partial charge in [0.25, 0.3) is 0 Å². The van der Waals surface area contributed by atoms with E-state index in [0.29, 0.717) is 17.9 Å². The number of allylic oxidation sites excluding steroid dienone is 4. The van der Waals surface area contributed by atoms with E-state index in [4.69, 9.17) is 11.6 Å². The molecule has 4 aliphatic rings. The average molecular weight is 421 g/mol. The Balaban J connectivity index is 1.81. The van der Waals surface area contributed by atoms with Crippen LogP contribution in [0.3, 0.4) is 0 Å². The summed E-state index contributed by atoms with van der Waals surface area (Å²) in [7, 11) is 0. The number of carbonyl (C=O) groups is 3. The predicted octanol–water partition coefficient (Wildman–Crippen LogP) is 3.88. The van der Waals surface area contributed by atoms with Gasteiger partial charge < -0.3 is 10.2 Å². The number of fused-ring (bicyclic) bond motifs is 5. The first-order chi connectivity index (χ1) is 13.4. The Bertz CT molecular complexity index is 859. The third-order valence-electron chi connectivity index (χ3n) is 9.04. The van der Waals surface area contributed by atoms with Gasteiger partial charge in [-0.3, -0.25) is 14.4 Å². The molecule has 0 aromatic heterocycles. The van der Waals surface area contributed by atoms with Crippen molar-refractivity contribution < 1.29 is 24.6 Å². The van der Waals surface area contributed by atoms with Crippen molar-refractivity contribution in [3.05, 3.63) is 22.8 Å². The first-order valence-electron chi connectivity index (χ1n) is 10.5. The van der Waals surface area contributed by atoms with Crippen LogP contribution in [-0.2, 0) is 14.4 Å². The highest BCUT2D eigenvalue weighted by atomic mass is 35.5. The van der Waals surface area contributed by atoms with Crippen LogP contribution in [0.1, 0.15) is 59.3 Å². The Morgan fingerprint density at radius 3 is 2.48 bits per heavy atom. The zero-order valence-corrected chi connectivity index (χ0v) is 18.0. The molecular weight excluding hydrogens is 392 g/mol. The molecule has 2 fully saturated rings. The number of rotatable bonds is 3. The first kappa shape index (κ1) is 20.8. The molecule has 7 atom stereocenters. The maximum Gasteiger partial charge on any atom is 0.303 e. The maximum absolute atomic E-state index is 12.3. The van der Waals surface area contributed by atoms with Crippen molar-refractivity contribution in [2.24, 2.45) is 34.5 Å². The van der Waals surface area contributed by atoms with E-state index in [-0.39, 0.29) is 48.1 Å². The molecular formula is C23H29ClO5. The minimum Gasteiger partial charge on any atom is -0.481 e. The quantitative estimate of drug-likeness (QED) is 0.722. The summed E-state index contributed by atoms with van der Waals surface area (Å²) in [5, 5.41) is 21.3. The van der Waals surface area contributed by atoms with Crippen molar-refractivity contribution in [1.29, 1.82) is 0 Å². The molecule has 6 heteroatoms. The van der Waals surface area contributed by atoms with Crippen LogP contribution in [0, 0.1) is 34.5 Å². The fourth-order valence-electron chi connectivity index (χ4n) is 7.36. The van der Waals surface area contributed by atoms with Crippen LogP contribution in [-0.4, -0.2) is 33.3 Å². The largest absolute Gasteiger partial charge is 0.481 e. The number of Topliss-reactive ketones (excluding diaryl/α,β-unsaturated/α-hetero) is 1. The molecule has 2 N–H and O–H groups in total. The fourth-order valence-corrected chi connectivity index (χ4v) is 7.76. The molecule has 4 aliphatic carbocycles. The Labute approximate surface area is 176 Å². The number of carbonyl (C=O) groups excluding carboxylic acids is 2. The second kappa shape index (κ2) is 6.52. The van der Waals surface area contributed by atoms with Gasteiger partial charge in [0.15, 0.2) is 11.6 Å². The highest BCUT2D eigenvalue weighted by Gasteiger charge is 2.66. The third-order valence-corrected chi connectivity index (χ3v) is 9.36. The van der Waals surface area contributed by atoms with Gasteiger partial charge in [-0.25, -0.2) is 0 Å². The van der Waals surface area contributed by atoms with E-state index in [0.717, 1.165) is 18.4 Å². The van der Waals surface area contributed by atoms with Gasteiger partial charge in [0.05, 0.1) is 0 Å². The number of carboxylic acids is 1. The number of aliphatic carboxylic acids is 1. The molecule has 0 aliphatic heterocycles. The molecule has 0 radical (unpaired) electrons. The number of hydrogen-bond acceptors (Lipinski definition) is 4. The molecule has 4 rings (SSSR count). The van der Waals surface area contributed by atoms with E-state index in [1.807, 2.05) is 13.0 Å². The average Bonchev–Trinajstić information content (AvgIpc) is 2.90. The van der Waals surface area contributed by atoms with Gasteiger partial charge in [-0.15, -0.1) is 0 Å². The highest BCUT2D eigenvalue weighted by molar-refractivity contribution is 6.32. The smallest absolute Gasteiger partial charge is 0.303 e. The Kier molecular flexibility index (Phi) is 4.67. The Morgan fingerprint density at radius 2 is 1.86 bits per heavy atom. The summed E-state index contributed by atoms with van der Waals surface area (Å²) in [5.74, 6) is -1.15. The molecule has 0 aromatic carbocycles. The topological polar surface area (TPSA) is 91.7 Å². The van der Waals surface area contributed by atoms with Gasteiger partial charge in [-0.05, 0) is 67.9 Å². The van der Waals surface area contributed by atoms with E-state index >= 15 is 0 Å². The SMILES string of the molecule is CC(=O)[C@@]1(O)CC[C@H]2[C@@H]3C=C(Cl)C4=CC(=O)CC(CC(=O)O)[C@]4(C)[C@H]3CC[C@@]21C. The Hall–Kier alpha value is -1.46. The van der Waals surface area contributed by atoms with Crippen molar-refractivity contribution in [3.63, 3.8) is 0 Å². The normalized spacial score (nSPS) is 46.2. The van der Waals surface area contributed by atoms with E-state index in [2.05, 4.69) is 6.92 Å². The lowest BCUT2D eigenvalue weighted by atomic mass is 9.45. The van der Waals surface area contributed by atoms with E-state index in [9.17, 15) is 24.6 Å². The zero-order valence-electron chi connectivity index (χ0n) is 17.2. The lowest BCUT2D eigenvalue weighted by Crippen LogP contribution is -2.57. The van der Waals surface area contributed by atoms with Gasteiger partial charge in [0, 0.05) is 28.7 Å². The number of carboxylic acid groups (broad SMARTS) is 1. The second-order valence-corrected chi connectivity index (χ2v) is 10.4. The maximum atomic E-state index is 12.3. The van der Waals surface area contributed by atoms with Crippen molar-refractivity contribution in [1.82, 2.24) is 0 Å². The van der Waals surface area contributed by atoms with Gasteiger partial charge in [0.2, 0.25) is 0 Å². The van der Waals surface area contributed by atoms with Crippen LogP contribution < -0.4 is 0 Å². The molecule has 0 bridgehead atoms. The summed E-state index contributed by atoms with van der Waals surface area (Å²) in [6.07, 6.45) is 6.46. The van der Waals surface area contributed by atoms with Crippen molar-refractivity contribution in [2.45, 2.75) is 64.9 Å². The van der Waals surface area contributed by atoms with E-state index < -0.39 is 22.4 Å². The minimum absolute atomic E-state index is 0.0567. The van der Waals surface area contributed by atoms with Gasteiger partial charge >= 0.3 is 5.97 Å². The molecule has 0 saturated heterocycles. The van der Waals surface area contributed by atoms with Crippen LogP contribution in [0.4, 0.5) is 0 Å². The number of hydrogen-bond donors (Lipinski definition) is 2. The molecule has 1 unspecified atom stereocenters. The summed E-state index contributed by atoms with van der Waals surface area (Å²) in [5.41, 5.74) is -1.56. The standard InChI is InChI=1S/C23H29ClO5/c1-12(25)23(29)7-5-16-15-11-19(24)18-10-14(26)8-13(9-20(27)28)22(18,3)17(15)4-6-21(16,23)2/h10-11,13,15-17,29H,4-9H2,1-3H3,(H,27,28)/t13?,15-,16-,17-,21-,22+,23-/m0/s1. The van der Waals surface area contributed by atoms with E-state index in [1.165, 1.54) is 6.92 Å². The van der Waals surface area contributed by atoms with Crippen molar-refractivity contribution in [3.8, 4) is 0 Å². The number of aliphatic hydroxyl groups is 1. The van der Waals surface area contributed by atoms with Crippen LogP contribution in [0.15, 0.2) is 22.8 Å². The van der Waals surface area contributed by atoms with Crippen molar-refractivity contribution in [2.75, 3.05) is 0 Å². The molecule has 158 valence electrons. The lowest BCUT2D eigenvalue weighted by Gasteiger charge is -2.59. The van der Waals surface area contributed by atoms with Gasteiger partial charge in [-0.1, -0.05) is 31.5 Å². The molecule has 0 spiro atoms.